The summed E-state index contributed by atoms with van der Waals surface area (Å²) in [4.78, 5) is 15.4. The van der Waals surface area contributed by atoms with Crippen molar-refractivity contribution in [1.82, 2.24) is 15.4 Å². The molecule has 1 aromatic heterocycles. The molecule has 1 amide bonds. The van der Waals surface area contributed by atoms with Crippen molar-refractivity contribution in [3.8, 4) is 33.9 Å². The fourth-order valence-corrected chi connectivity index (χ4v) is 5.55. The number of carbonyl (C=O) groups is 1. The van der Waals surface area contributed by atoms with E-state index in [-0.39, 0.29) is 34.4 Å². The van der Waals surface area contributed by atoms with E-state index in [1.165, 1.54) is 6.07 Å². The number of phenols is 1. The molecule has 2 fully saturated rings. The molecule has 6 N–H and O–H groups in total. The minimum Gasteiger partial charge on any atom is -0.507 e. The summed E-state index contributed by atoms with van der Waals surface area (Å²) < 4.78 is 22.6. The number of aliphatic hydroxyl groups excluding tert-OH is 4. The lowest BCUT2D eigenvalue weighted by Crippen LogP contribution is -2.60. The first-order valence-corrected chi connectivity index (χ1v) is 15.1. The van der Waals surface area contributed by atoms with Crippen molar-refractivity contribution in [1.29, 1.82) is 0 Å². The number of aliphatic hydroxyl groups is 4. The number of hydrogen-bond donors (Lipinski definition) is 6. The number of rotatable bonds is 10. The molecule has 1 unspecified atom stereocenters. The summed E-state index contributed by atoms with van der Waals surface area (Å²) in [7, 11) is 0. The molecule has 0 radical (unpaired) electrons. The summed E-state index contributed by atoms with van der Waals surface area (Å²) in [5, 5.41) is 58.6. The van der Waals surface area contributed by atoms with Crippen molar-refractivity contribution in [2.24, 2.45) is 0 Å². The van der Waals surface area contributed by atoms with Crippen LogP contribution in [0.15, 0.2) is 40.9 Å². The Balaban J connectivity index is 1.51. The van der Waals surface area contributed by atoms with E-state index in [1.807, 2.05) is 38.1 Å². The first-order chi connectivity index (χ1) is 21.6. The van der Waals surface area contributed by atoms with Crippen LogP contribution < -0.4 is 10.1 Å². The second kappa shape index (κ2) is 14.3. The van der Waals surface area contributed by atoms with Gasteiger partial charge in [-0.3, -0.25) is 9.69 Å². The van der Waals surface area contributed by atoms with E-state index >= 15 is 0 Å². The van der Waals surface area contributed by atoms with E-state index in [9.17, 15) is 30.3 Å². The third kappa shape index (κ3) is 6.99. The topological polar surface area (TPSA) is 187 Å². The zero-order valence-electron chi connectivity index (χ0n) is 25.5. The number of amides is 1. The molecule has 45 heavy (non-hydrogen) atoms. The van der Waals surface area contributed by atoms with Gasteiger partial charge in [0, 0.05) is 32.2 Å². The van der Waals surface area contributed by atoms with E-state index in [0.717, 1.165) is 25.2 Å². The van der Waals surface area contributed by atoms with E-state index < -0.39 is 43.2 Å². The molecule has 13 nitrogen and oxygen atoms in total. The number of benzene rings is 2. The number of ether oxygens (including phenoxy) is 3. The van der Waals surface area contributed by atoms with Crippen LogP contribution in [0.4, 0.5) is 0 Å². The van der Waals surface area contributed by atoms with E-state index in [2.05, 4.69) is 15.4 Å². The molecule has 2 aliphatic heterocycles. The lowest BCUT2D eigenvalue weighted by molar-refractivity contribution is -0.277. The van der Waals surface area contributed by atoms with Crippen molar-refractivity contribution in [2.75, 3.05) is 39.5 Å². The molecule has 5 rings (SSSR count). The molecule has 5 atom stereocenters. The number of hydrogen-bond acceptors (Lipinski definition) is 12. The van der Waals surface area contributed by atoms with Crippen molar-refractivity contribution >= 4 is 5.91 Å². The molecular formula is C32H41N3O10. The summed E-state index contributed by atoms with van der Waals surface area (Å²) >= 11 is 0. The van der Waals surface area contributed by atoms with Gasteiger partial charge in [-0.1, -0.05) is 43.3 Å². The quantitative estimate of drug-likeness (QED) is 0.191. The van der Waals surface area contributed by atoms with Crippen LogP contribution in [0.3, 0.4) is 0 Å². The highest BCUT2D eigenvalue weighted by Crippen LogP contribution is 2.44. The molecule has 3 aromatic rings. The largest absolute Gasteiger partial charge is 0.507 e. The second-order valence-electron chi connectivity index (χ2n) is 11.6. The highest BCUT2D eigenvalue weighted by molar-refractivity contribution is 6.02. The number of nitrogens with one attached hydrogen (secondary N) is 1. The van der Waals surface area contributed by atoms with Crippen molar-refractivity contribution in [2.45, 2.75) is 63.9 Å². The molecule has 2 aromatic carbocycles. The average Bonchev–Trinajstić information content (AvgIpc) is 3.47. The molecule has 0 bridgehead atoms. The third-order valence-corrected chi connectivity index (χ3v) is 8.08. The van der Waals surface area contributed by atoms with Gasteiger partial charge in [0.2, 0.25) is 6.29 Å². The van der Waals surface area contributed by atoms with Gasteiger partial charge in [-0.05, 0) is 35.6 Å². The fraction of sp³-hybridized carbons (Fsp3) is 0.500. The van der Waals surface area contributed by atoms with Crippen LogP contribution in [0.5, 0.6) is 11.5 Å². The molecule has 0 saturated carbocycles. The summed E-state index contributed by atoms with van der Waals surface area (Å²) in [6, 6.07) is 10.7. The van der Waals surface area contributed by atoms with Crippen molar-refractivity contribution in [3.05, 3.63) is 53.2 Å². The van der Waals surface area contributed by atoms with Gasteiger partial charge in [0.1, 0.15) is 35.9 Å². The van der Waals surface area contributed by atoms with Gasteiger partial charge in [0.05, 0.1) is 30.9 Å². The van der Waals surface area contributed by atoms with Crippen LogP contribution in [0.25, 0.3) is 22.5 Å². The minimum atomic E-state index is -1.63. The maximum Gasteiger partial charge on any atom is 0.274 e. The SMILES string of the molecule is CCNC(=O)c1noc(-c2cc(C(C)C)c(O[C@@H]3OC(CO)[C@H](O)[C@H](O)[C@H]3O)cc2O)c1-c1ccc(CN2CCOCC2)cc1. The molecule has 13 heteroatoms. The standard InChI is InChI=1S/C32H41N3O10/c1-4-33-31(41)26-25(19-7-5-18(6-8-19)15-35-9-11-42-12-10-35)30(45-34-26)21-13-20(17(2)3)23(14-22(21)37)43-32-29(40)28(39)27(38)24(16-36)44-32/h5-8,13-14,17,24,27-29,32,36-40H,4,9-12,15-16H2,1-3H3,(H,33,41)/t24?,27-,28-,29+,32+/m0/s1. The Labute approximate surface area is 260 Å². The zero-order valence-corrected chi connectivity index (χ0v) is 25.5. The first-order valence-electron chi connectivity index (χ1n) is 15.1. The van der Waals surface area contributed by atoms with Crippen molar-refractivity contribution in [3.63, 3.8) is 0 Å². The highest BCUT2D eigenvalue weighted by atomic mass is 16.7. The van der Waals surface area contributed by atoms with Gasteiger partial charge in [0.15, 0.2) is 11.5 Å². The Bertz CT molecular complexity index is 1450. The molecule has 0 aliphatic carbocycles. The van der Waals surface area contributed by atoms with Crippen LogP contribution >= 0.6 is 0 Å². The number of aromatic hydroxyl groups is 1. The van der Waals surface area contributed by atoms with Gasteiger partial charge in [0.25, 0.3) is 5.91 Å². The summed E-state index contributed by atoms with van der Waals surface area (Å²) in [5.74, 6) is -0.532. The second-order valence-corrected chi connectivity index (χ2v) is 11.6. The summed E-state index contributed by atoms with van der Waals surface area (Å²) in [6.07, 6.45) is -7.39. The Morgan fingerprint density at radius 1 is 1.09 bits per heavy atom. The number of phenolic OH excluding ortho intramolecular Hbond substituents is 1. The summed E-state index contributed by atoms with van der Waals surface area (Å²) in [6.45, 7) is 9.23. The molecule has 0 spiro atoms. The minimum absolute atomic E-state index is 0.0694. The number of nitrogens with zero attached hydrogens (tertiary/aromatic N) is 2. The molecule has 2 aliphatic rings. The van der Waals surface area contributed by atoms with Crippen LogP contribution in [-0.4, -0.2) is 112 Å². The van der Waals surface area contributed by atoms with Crippen molar-refractivity contribution < 1.29 is 49.1 Å². The molecule has 2 saturated heterocycles. The Morgan fingerprint density at radius 2 is 1.80 bits per heavy atom. The zero-order chi connectivity index (χ0) is 32.2. The lowest BCUT2D eigenvalue weighted by atomic mass is 9.93. The van der Waals surface area contributed by atoms with E-state index in [0.29, 0.717) is 36.4 Å². The number of carbonyl (C=O) groups excluding carboxylic acids is 1. The Morgan fingerprint density at radius 3 is 2.44 bits per heavy atom. The van der Waals surface area contributed by atoms with Crippen LogP contribution in [0.1, 0.15) is 48.3 Å². The Kier molecular flexibility index (Phi) is 10.4. The highest BCUT2D eigenvalue weighted by Gasteiger charge is 2.45. The maximum atomic E-state index is 13.1. The predicted molar refractivity (Wildman–Crippen MR) is 162 cm³/mol. The van der Waals surface area contributed by atoms with Gasteiger partial charge < -0.3 is 49.6 Å². The molecular weight excluding hydrogens is 586 g/mol. The van der Waals surface area contributed by atoms with Crippen LogP contribution in [-0.2, 0) is 16.0 Å². The van der Waals surface area contributed by atoms with Gasteiger partial charge in [-0.25, -0.2) is 0 Å². The normalized spacial score (nSPS) is 24.1. The fourth-order valence-electron chi connectivity index (χ4n) is 5.55. The van der Waals surface area contributed by atoms with Gasteiger partial charge in [-0.15, -0.1) is 0 Å². The van der Waals surface area contributed by atoms with Crippen LogP contribution in [0.2, 0.25) is 0 Å². The maximum absolute atomic E-state index is 13.1. The lowest BCUT2D eigenvalue weighted by Gasteiger charge is -2.39. The average molecular weight is 628 g/mol. The summed E-state index contributed by atoms with van der Waals surface area (Å²) in [5.41, 5.74) is 3.09. The van der Waals surface area contributed by atoms with Gasteiger partial charge >= 0.3 is 0 Å². The molecule has 244 valence electrons. The first kappa shape index (κ1) is 32.8. The monoisotopic (exact) mass is 627 g/mol. The molecule has 3 heterocycles. The van der Waals surface area contributed by atoms with E-state index in [1.54, 1.807) is 13.0 Å². The Hall–Kier alpha value is -3.56. The third-order valence-electron chi connectivity index (χ3n) is 8.08. The predicted octanol–water partition coefficient (Wildman–Crippen LogP) is 1.60. The van der Waals surface area contributed by atoms with Crippen LogP contribution in [0, 0.1) is 0 Å². The number of aromatic nitrogens is 1. The van der Waals surface area contributed by atoms with E-state index in [4.69, 9.17) is 18.7 Å². The number of morpholine rings is 1. The van der Waals surface area contributed by atoms with Gasteiger partial charge in [-0.2, -0.15) is 0 Å². The smallest absolute Gasteiger partial charge is 0.274 e.